The summed E-state index contributed by atoms with van der Waals surface area (Å²) in [4.78, 5) is 44.7. The number of carbonyl (C=O) groups excluding carboxylic acids is 3. The largest absolute Gasteiger partial charge is 0.465 e. The van der Waals surface area contributed by atoms with E-state index in [1.165, 1.54) is 23.3 Å². The van der Waals surface area contributed by atoms with E-state index in [0.29, 0.717) is 16.3 Å². The van der Waals surface area contributed by atoms with E-state index in [1.54, 1.807) is 11.4 Å². The van der Waals surface area contributed by atoms with Crippen LogP contribution in [0.2, 0.25) is 0 Å². The van der Waals surface area contributed by atoms with Gasteiger partial charge in [0.2, 0.25) is 11.8 Å². The topological polar surface area (TPSA) is 88.1 Å². The lowest BCUT2D eigenvalue weighted by molar-refractivity contribution is -0.123. The Morgan fingerprint density at radius 1 is 1.30 bits per heavy atom. The van der Waals surface area contributed by atoms with Gasteiger partial charge in [-0.3, -0.25) is 14.6 Å². The Kier molecular flexibility index (Phi) is 5.42. The first kappa shape index (κ1) is 20.3. The summed E-state index contributed by atoms with van der Waals surface area (Å²) in [5.74, 6) is -1.26. The van der Waals surface area contributed by atoms with Crippen LogP contribution in [0.3, 0.4) is 0 Å². The molecule has 30 heavy (non-hydrogen) atoms. The average molecular weight is 426 g/mol. The van der Waals surface area contributed by atoms with Crippen LogP contribution in [0.15, 0.2) is 28.6 Å². The smallest absolute Gasteiger partial charge is 0.350 e. The maximum atomic E-state index is 13.3. The molecule has 8 heteroatoms. The summed E-state index contributed by atoms with van der Waals surface area (Å²) in [5, 5.41) is 4.46. The average Bonchev–Trinajstić information content (AvgIpc) is 3.35. The van der Waals surface area contributed by atoms with E-state index in [1.807, 2.05) is 26.0 Å². The van der Waals surface area contributed by atoms with E-state index in [9.17, 15) is 14.4 Å². The number of nitrogens with zero attached hydrogens (tertiary/aromatic N) is 2. The molecule has 2 amide bonds. The molecule has 0 radical (unpaired) electrons. The summed E-state index contributed by atoms with van der Waals surface area (Å²) in [6.45, 7) is 3.84. The first-order chi connectivity index (χ1) is 14.4. The standard InChI is InChI=1S/C22H23N3O4S/c1-12-9-17-18(10-13(12)2)25(21(27)14-5-4-6-15(14)23-17)11-19(26)24-16-7-8-30-20(16)22(28)29-3/h7-10,14H,4-6,11H2,1-3H3,(H,24,26). The Morgan fingerprint density at radius 3 is 2.83 bits per heavy atom. The predicted octanol–water partition coefficient (Wildman–Crippen LogP) is 4.01. The van der Waals surface area contributed by atoms with Crippen molar-refractivity contribution in [3.63, 3.8) is 0 Å². The molecule has 2 aromatic rings. The minimum absolute atomic E-state index is 0.0955. The third-order valence-electron chi connectivity index (χ3n) is 5.65. The molecule has 1 saturated carbocycles. The van der Waals surface area contributed by atoms with Crippen molar-refractivity contribution in [3.8, 4) is 0 Å². The quantitative estimate of drug-likeness (QED) is 0.750. The second kappa shape index (κ2) is 8.02. The summed E-state index contributed by atoms with van der Waals surface area (Å²) in [6, 6.07) is 5.55. The number of amides is 2. The second-order valence-corrected chi connectivity index (χ2v) is 8.52. The summed E-state index contributed by atoms with van der Waals surface area (Å²) in [6.07, 6.45) is 2.48. The van der Waals surface area contributed by atoms with E-state index in [0.717, 1.165) is 41.8 Å². The van der Waals surface area contributed by atoms with Gasteiger partial charge in [-0.2, -0.15) is 0 Å². The summed E-state index contributed by atoms with van der Waals surface area (Å²) < 4.78 is 4.76. The Hall–Kier alpha value is -3.00. The maximum absolute atomic E-state index is 13.3. The lowest BCUT2D eigenvalue weighted by atomic mass is 10.0. The van der Waals surface area contributed by atoms with Crippen LogP contribution < -0.4 is 10.2 Å². The highest BCUT2D eigenvalue weighted by atomic mass is 32.1. The van der Waals surface area contributed by atoms with Crippen LogP contribution in [0.1, 0.15) is 40.1 Å². The first-order valence-corrected chi connectivity index (χ1v) is 10.7. The number of hydrogen-bond donors (Lipinski definition) is 1. The molecule has 2 aliphatic rings. The van der Waals surface area contributed by atoms with Crippen molar-refractivity contribution in [2.45, 2.75) is 33.1 Å². The van der Waals surface area contributed by atoms with Crippen molar-refractivity contribution in [2.75, 3.05) is 23.9 Å². The van der Waals surface area contributed by atoms with Crippen LogP contribution in [0, 0.1) is 19.8 Å². The molecule has 156 valence electrons. The number of anilines is 2. The fourth-order valence-electron chi connectivity index (χ4n) is 3.94. The van der Waals surface area contributed by atoms with Crippen LogP contribution in [0.5, 0.6) is 0 Å². The van der Waals surface area contributed by atoms with Gasteiger partial charge in [-0.25, -0.2) is 4.79 Å². The minimum atomic E-state index is -0.508. The summed E-state index contributed by atoms with van der Waals surface area (Å²) >= 11 is 1.19. The Balaban J connectivity index is 1.64. The molecule has 1 aliphatic heterocycles. The zero-order valence-corrected chi connectivity index (χ0v) is 18.0. The molecule has 2 heterocycles. The molecule has 1 atom stereocenters. The van der Waals surface area contributed by atoms with Crippen molar-refractivity contribution in [1.82, 2.24) is 0 Å². The summed E-state index contributed by atoms with van der Waals surface area (Å²) in [7, 11) is 1.30. The van der Waals surface area contributed by atoms with Gasteiger partial charge in [0.1, 0.15) is 11.4 Å². The number of fused-ring (bicyclic) bond motifs is 2. The fourth-order valence-corrected chi connectivity index (χ4v) is 4.70. The second-order valence-electron chi connectivity index (χ2n) is 7.60. The molecule has 0 saturated heterocycles. The predicted molar refractivity (Wildman–Crippen MR) is 117 cm³/mol. The zero-order valence-electron chi connectivity index (χ0n) is 17.2. The van der Waals surface area contributed by atoms with Gasteiger partial charge >= 0.3 is 5.97 Å². The van der Waals surface area contributed by atoms with E-state index in [-0.39, 0.29) is 24.3 Å². The van der Waals surface area contributed by atoms with E-state index >= 15 is 0 Å². The number of benzene rings is 1. The maximum Gasteiger partial charge on any atom is 0.350 e. The van der Waals surface area contributed by atoms with Crippen LogP contribution in [-0.2, 0) is 14.3 Å². The Bertz CT molecular complexity index is 1070. The molecule has 1 aromatic carbocycles. The van der Waals surface area contributed by atoms with E-state index in [2.05, 4.69) is 5.32 Å². The molecule has 7 nitrogen and oxygen atoms in total. The highest BCUT2D eigenvalue weighted by molar-refractivity contribution is 7.12. The van der Waals surface area contributed by atoms with Gasteiger partial charge in [-0.05, 0) is 67.8 Å². The molecule has 1 fully saturated rings. The number of esters is 1. The van der Waals surface area contributed by atoms with Crippen molar-refractivity contribution < 1.29 is 19.1 Å². The van der Waals surface area contributed by atoms with Gasteiger partial charge in [0.05, 0.1) is 30.1 Å². The van der Waals surface area contributed by atoms with Gasteiger partial charge in [0, 0.05) is 5.71 Å². The van der Waals surface area contributed by atoms with Crippen molar-refractivity contribution in [2.24, 2.45) is 10.9 Å². The fraction of sp³-hybridized carbons (Fsp3) is 0.364. The van der Waals surface area contributed by atoms with E-state index in [4.69, 9.17) is 9.73 Å². The molecule has 1 unspecified atom stereocenters. The number of rotatable bonds is 4. The summed E-state index contributed by atoms with van der Waals surface area (Å²) in [5.41, 5.74) is 4.79. The molecular weight excluding hydrogens is 402 g/mol. The van der Waals surface area contributed by atoms with Crippen LogP contribution >= 0.6 is 11.3 Å². The van der Waals surface area contributed by atoms with Gasteiger partial charge in [-0.15, -0.1) is 11.3 Å². The van der Waals surface area contributed by atoms with Crippen molar-refractivity contribution in [1.29, 1.82) is 0 Å². The zero-order chi connectivity index (χ0) is 21.4. The molecule has 0 spiro atoms. The normalized spacial score (nSPS) is 17.7. The van der Waals surface area contributed by atoms with Gasteiger partial charge in [-0.1, -0.05) is 0 Å². The monoisotopic (exact) mass is 425 g/mol. The Morgan fingerprint density at radius 2 is 2.07 bits per heavy atom. The molecule has 1 aliphatic carbocycles. The number of thiophene rings is 1. The minimum Gasteiger partial charge on any atom is -0.465 e. The van der Waals surface area contributed by atoms with Gasteiger partial charge in [0.25, 0.3) is 0 Å². The first-order valence-electron chi connectivity index (χ1n) is 9.84. The molecular formula is C22H23N3O4S. The highest BCUT2D eigenvalue weighted by Crippen LogP contribution is 2.39. The third-order valence-corrected chi connectivity index (χ3v) is 6.54. The molecule has 1 N–H and O–H groups in total. The van der Waals surface area contributed by atoms with Crippen molar-refractivity contribution in [3.05, 3.63) is 39.6 Å². The highest BCUT2D eigenvalue weighted by Gasteiger charge is 2.37. The number of aryl methyl sites for hydroxylation is 2. The number of aliphatic imine (C=N–C) groups is 1. The molecule has 0 bridgehead atoms. The Labute approximate surface area is 178 Å². The number of methoxy groups -OCH3 is 1. The lowest BCUT2D eigenvalue weighted by Gasteiger charge is -2.25. The van der Waals surface area contributed by atoms with Crippen molar-refractivity contribution >= 4 is 51.9 Å². The van der Waals surface area contributed by atoms with Gasteiger partial charge in [0.15, 0.2) is 0 Å². The van der Waals surface area contributed by atoms with Crippen LogP contribution in [0.4, 0.5) is 17.1 Å². The molecule has 1 aromatic heterocycles. The SMILES string of the molecule is COC(=O)c1sccc1NC(=O)CN1C(=O)C2CCCC2=Nc2cc(C)c(C)cc21. The molecule has 4 rings (SSSR count). The number of carbonyl (C=O) groups is 3. The number of nitrogens with one attached hydrogen (secondary N) is 1. The van der Waals surface area contributed by atoms with E-state index < -0.39 is 5.97 Å². The number of ether oxygens (including phenoxy) is 1. The van der Waals surface area contributed by atoms with Crippen LogP contribution in [0.25, 0.3) is 0 Å². The number of hydrogen-bond acceptors (Lipinski definition) is 6. The van der Waals surface area contributed by atoms with Gasteiger partial charge < -0.3 is 15.0 Å². The van der Waals surface area contributed by atoms with Crippen LogP contribution in [-0.4, -0.2) is 37.1 Å². The lowest BCUT2D eigenvalue weighted by Crippen LogP contribution is -2.42. The third kappa shape index (κ3) is 3.63.